The maximum absolute atomic E-state index is 12.5. The molecular formula is C16H19ClN2O5S. The minimum absolute atomic E-state index is 0.0143. The molecule has 0 atom stereocenters. The molecule has 25 heavy (non-hydrogen) atoms. The summed E-state index contributed by atoms with van der Waals surface area (Å²) in [6, 6.07) is 5.56. The molecule has 0 spiro atoms. The summed E-state index contributed by atoms with van der Waals surface area (Å²) in [5.74, 6) is -0.0938. The van der Waals surface area contributed by atoms with Gasteiger partial charge in [-0.1, -0.05) is 16.8 Å². The van der Waals surface area contributed by atoms with E-state index in [0.717, 1.165) is 0 Å². The van der Waals surface area contributed by atoms with Crippen LogP contribution >= 0.6 is 11.6 Å². The van der Waals surface area contributed by atoms with E-state index in [1.54, 1.807) is 33.8 Å². The van der Waals surface area contributed by atoms with Gasteiger partial charge in [-0.15, -0.1) is 0 Å². The number of sulfonamides is 1. The van der Waals surface area contributed by atoms with E-state index < -0.39 is 21.5 Å². The molecule has 0 aliphatic heterocycles. The van der Waals surface area contributed by atoms with Crippen molar-refractivity contribution in [3.05, 3.63) is 46.3 Å². The van der Waals surface area contributed by atoms with Crippen molar-refractivity contribution in [3.63, 3.8) is 0 Å². The van der Waals surface area contributed by atoms with Crippen LogP contribution < -0.4 is 4.72 Å². The van der Waals surface area contributed by atoms with Crippen molar-refractivity contribution in [2.75, 3.05) is 0 Å². The van der Waals surface area contributed by atoms with E-state index in [9.17, 15) is 13.2 Å². The molecule has 0 radical (unpaired) electrons. The predicted octanol–water partition coefficient (Wildman–Crippen LogP) is 3.07. The third-order valence-corrected chi connectivity index (χ3v) is 5.16. The topological polar surface area (TPSA) is 98.5 Å². The van der Waals surface area contributed by atoms with Crippen LogP contribution in [0.25, 0.3) is 0 Å². The predicted molar refractivity (Wildman–Crippen MR) is 91.9 cm³/mol. The molecular weight excluding hydrogens is 368 g/mol. The molecule has 1 aromatic carbocycles. The molecule has 0 aliphatic rings. The Kier molecular flexibility index (Phi) is 5.55. The summed E-state index contributed by atoms with van der Waals surface area (Å²) >= 11 is 6.00. The number of carbonyl (C=O) groups excluding carboxylic acids is 1. The van der Waals surface area contributed by atoms with Gasteiger partial charge in [0.15, 0.2) is 0 Å². The minimum Gasteiger partial charge on any atom is -0.455 e. The van der Waals surface area contributed by atoms with Gasteiger partial charge >= 0.3 is 5.97 Å². The van der Waals surface area contributed by atoms with Crippen molar-refractivity contribution in [1.82, 2.24) is 9.88 Å². The number of ether oxygens (including phenoxy) is 1. The zero-order valence-electron chi connectivity index (χ0n) is 14.3. The lowest BCUT2D eigenvalue weighted by Gasteiger charge is -2.21. The van der Waals surface area contributed by atoms with E-state index in [4.69, 9.17) is 20.9 Å². The van der Waals surface area contributed by atoms with Gasteiger partial charge in [0, 0.05) is 11.6 Å². The number of benzene rings is 1. The molecule has 136 valence electrons. The number of nitrogens with zero attached hydrogens (tertiary/aromatic N) is 1. The highest BCUT2D eigenvalue weighted by atomic mass is 35.5. The van der Waals surface area contributed by atoms with Gasteiger partial charge in [0.2, 0.25) is 10.0 Å². The first kappa shape index (κ1) is 19.4. The summed E-state index contributed by atoms with van der Waals surface area (Å²) in [5.41, 5.74) is -0.162. The lowest BCUT2D eigenvalue weighted by Crippen LogP contribution is -2.40. The van der Waals surface area contributed by atoms with E-state index >= 15 is 0 Å². The third-order valence-electron chi connectivity index (χ3n) is 2.92. The third kappa shape index (κ3) is 5.29. The molecule has 0 fully saturated rings. The van der Waals surface area contributed by atoms with Crippen LogP contribution in [-0.2, 0) is 21.4 Å². The number of hydrogen-bond donors (Lipinski definition) is 1. The highest BCUT2D eigenvalue weighted by Gasteiger charge is 2.25. The van der Waals surface area contributed by atoms with E-state index in [1.807, 2.05) is 0 Å². The molecule has 0 saturated carbocycles. The molecule has 2 aromatic rings. The Morgan fingerprint density at radius 3 is 2.56 bits per heavy atom. The Labute approximate surface area is 151 Å². The molecule has 2 rings (SSSR count). The van der Waals surface area contributed by atoms with E-state index in [2.05, 4.69) is 9.88 Å². The Bertz CT molecular complexity index is 884. The number of aryl methyl sites for hydroxylation is 1. The number of esters is 1. The SMILES string of the molecule is Cc1cc(COC(=O)c2ccc(Cl)c(S(=O)(=O)NC(C)(C)C)c2)no1. The second kappa shape index (κ2) is 7.15. The van der Waals surface area contributed by atoms with Gasteiger partial charge < -0.3 is 9.26 Å². The second-order valence-corrected chi connectivity index (χ2v) is 8.56. The van der Waals surface area contributed by atoms with Gasteiger partial charge in [0.05, 0.1) is 10.6 Å². The first-order valence-electron chi connectivity index (χ1n) is 7.41. The minimum atomic E-state index is -3.89. The summed E-state index contributed by atoms with van der Waals surface area (Å²) < 4.78 is 37.4. The Morgan fingerprint density at radius 1 is 1.32 bits per heavy atom. The summed E-state index contributed by atoms with van der Waals surface area (Å²) in [4.78, 5) is 12.0. The highest BCUT2D eigenvalue weighted by molar-refractivity contribution is 7.89. The largest absolute Gasteiger partial charge is 0.455 e. The van der Waals surface area contributed by atoms with Crippen LogP contribution in [0.3, 0.4) is 0 Å². The van der Waals surface area contributed by atoms with Crippen LogP contribution in [0, 0.1) is 6.92 Å². The molecule has 0 aliphatic carbocycles. The summed E-state index contributed by atoms with van der Waals surface area (Å²) in [6.07, 6.45) is 0. The van der Waals surface area contributed by atoms with Gasteiger partial charge in [-0.3, -0.25) is 0 Å². The van der Waals surface area contributed by atoms with Crippen LogP contribution in [0.1, 0.15) is 42.6 Å². The monoisotopic (exact) mass is 386 g/mol. The van der Waals surface area contributed by atoms with E-state index in [-0.39, 0.29) is 22.1 Å². The van der Waals surface area contributed by atoms with Gasteiger partial charge in [0.1, 0.15) is 23.0 Å². The second-order valence-electron chi connectivity index (χ2n) is 6.51. The number of rotatable bonds is 5. The standard InChI is InChI=1S/C16H19ClN2O5S/c1-10-7-12(18-24-10)9-23-15(20)11-5-6-13(17)14(8-11)25(21,22)19-16(2,3)4/h5-8,19H,9H2,1-4H3. The Morgan fingerprint density at radius 2 is 2.00 bits per heavy atom. The van der Waals surface area contributed by atoms with Crippen LogP contribution in [0.5, 0.6) is 0 Å². The molecule has 7 nitrogen and oxygen atoms in total. The number of carbonyl (C=O) groups is 1. The lowest BCUT2D eigenvalue weighted by molar-refractivity contribution is 0.0464. The van der Waals surface area contributed by atoms with Gasteiger partial charge in [-0.05, 0) is 45.9 Å². The van der Waals surface area contributed by atoms with Crippen molar-refractivity contribution >= 4 is 27.6 Å². The first-order chi connectivity index (χ1) is 11.5. The van der Waals surface area contributed by atoms with Gasteiger partial charge in [-0.25, -0.2) is 17.9 Å². The number of hydrogen-bond acceptors (Lipinski definition) is 6. The quantitative estimate of drug-likeness (QED) is 0.793. The van der Waals surface area contributed by atoms with Crippen LogP contribution in [0.4, 0.5) is 0 Å². The van der Waals surface area contributed by atoms with Crippen molar-refractivity contribution in [2.45, 2.75) is 44.7 Å². The fraction of sp³-hybridized carbons (Fsp3) is 0.375. The fourth-order valence-corrected chi connectivity index (χ4v) is 3.95. The fourth-order valence-electron chi connectivity index (χ4n) is 2.00. The normalized spacial score (nSPS) is 12.2. The number of aromatic nitrogens is 1. The number of halogens is 1. The number of nitrogens with one attached hydrogen (secondary N) is 1. The summed E-state index contributed by atoms with van der Waals surface area (Å²) in [5, 5.41) is 3.73. The summed E-state index contributed by atoms with van der Waals surface area (Å²) in [7, 11) is -3.89. The van der Waals surface area contributed by atoms with Crippen molar-refractivity contribution in [1.29, 1.82) is 0 Å². The smallest absolute Gasteiger partial charge is 0.338 e. The molecule has 0 amide bonds. The van der Waals surface area contributed by atoms with Crippen molar-refractivity contribution in [2.24, 2.45) is 0 Å². The molecule has 1 heterocycles. The van der Waals surface area contributed by atoms with Gasteiger partial charge in [-0.2, -0.15) is 0 Å². The molecule has 1 aromatic heterocycles. The maximum Gasteiger partial charge on any atom is 0.338 e. The van der Waals surface area contributed by atoms with Crippen LogP contribution in [0.15, 0.2) is 33.7 Å². The van der Waals surface area contributed by atoms with Crippen molar-refractivity contribution < 1.29 is 22.5 Å². The average Bonchev–Trinajstić information content (AvgIpc) is 2.88. The zero-order chi connectivity index (χ0) is 18.8. The average molecular weight is 387 g/mol. The van der Waals surface area contributed by atoms with Crippen LogP contribution in [-0.4, -0.2) is 25.1 Å². The molecule has 0 bridgehead atoms. The maximum atomic E-state index is 12.5. The van der Waals surface area contributed by atoms with Crippen molar-refractivity contribution in [3.8, 4) is 0 Å². The first-order valence-corrected chi connectivity index (χ1v) is 9.27. The van der Waals surface area contributed by atoms with E-state index in [1.165, 1.54) is 18.2 Å². The van der Waals surface area contributed by atoms with E-state index in [0.29, 0.717) is 11.5 Å². The zero-order valence-corrected chi connectivity index (χ0v) is 15.9. The molecule has 1 N–H and O–H groups in total. The van der Waals surface area contributed by atoms with Crippen LogP contribution in [0.2, 0.25) is 5.02 Å². The Hall–Kier alpha value is -1.90. The Balaban J connectivity index is 2.21. The molecule has 0 unspecified atom stereocenters. The summed E-state index contributed by atoms with van der Waals surface area (Å²) in [6.45, 7) is 6.75. The molecule has 9 heteroatoms. The molecule has 0 saturated heterocycles. The highest BCUT2D eigenvalue weighted by Crippen LogP contribution is 2.24. The van der Waals surface area contributed by atoms with Gasteiger partial charge in [0.25, 0.3) is 0 Å². The lowest BCUT2D eigenvalue weighted by atomic mass is 10.1.